The first-order valence-corrected chi connectivity index (χ1v) is 10.1. The third kappa shape index (κ3) is 5.79. The number of aliphatic carboxylic acids is 2. The molecule has 0 aliphatic carbocycles. The molecule has 34 heavy (non-hydrogen) atoms. The van der Waals surface area contributed by atoms with Crippen LogP contribution in [0, 0.1) is 0 Å². The number of carbonyl (C=O) groups excluding carboxylic acids is 3. The predicted octanol–water partition coefficient (Wildman–Crippen LogP) is -2.07. The Hall–Kier alpha value is -4.62. The Balaban J connectivity index is 1.65. The van der Waals surface area contributed by atoms with Crippen molar-refractivity contribution >= 4 is 47.4 Å². The second kappa shape index (κ2) is 10.3. The lowest BCUT2D eigenvalue weighted by molar-refractivity contribution is -0.305. The number of nitrogens with one attached hydrogen (secondary N) is 4. The van der Waals surface area contributed by atoms with Gasteiger partial charge in [-0.25, -0.2) is 4.79 Å². The monoisotopic (exact) mass is 472 g/mol. The number of rotatable bonds is 10. The fourth-order valence-corrected chi connectivity index (χ4v) is 3.35. The molecule has 0 fully saturated rings. The Bertz CT molecular complexity index is 1150. The van der Waals surface area contributed by atoms with Gasteiger partial charge in [0.05, 0.1) is 6.04 Å². The van der Waals surface area contributed by atoms with Crippen molar-refractivity contribution in [3.63, 3.8) is 0 Å². The van der Waals surface area contributed by atoms with Gasteiger partial charge < -0.3 is 41.6 Å². The molecule has 7 N–H and O–H groups in total. The number of hydrogen-bond donors (Lipinski definition) is 6. The van der Waals surface area contributed by atoms with E-state index >= 15 is 0 Å². The average molecular weight is 472 g/mol. The number of amides is 2. The fraction of sp³-hybridized carbons (Fsp3) is 0.300. The van der Waals surface area contributed by atoms with Crippen molar-refractivity contribution in [1.82, 2.24) is 15.3 Å². The van der Waals surface area contributed by atoms with Gasteiger partial charge in [-0.15, -0.1) is 0 Å². The highest BCUT2D eigenvalue weighted by Gasteiger charge is 2.24. The maximum Gasteiger partial charge on any atom is 0.326 e. The number of fused-ring (bicyclic) bond motifs is 1. The zero-order valence-corrected chi connectivity index (χ0v) is 17.7. The molecule has 0 radical (unpaired) electrons. The van der Waals surface area contributed by atoms with Crippen molar-refractivity contribution in [3.8, 4) is 0 Å². The topological polar surface area (TPSA) is 223 Å². The van der Waals surface area contributed by atoms with Gasteiger partial charge in [0, 0.05) is 30.3 Å². The quantitative estimate of drug-likeness (QED) is 0.206. The van der Waals surface area contributed by atoms with Crippen LogP contribution in [0.4, 0.5) is 23.1 Å². The van der Waals surface area contributed by atoms with Crippen molar-refractivity contribution in [2.45, 2.75) is 24.9 Å². The van der Waals surface area contributed by atoms with Crippen molar-refractivity contribution in [2.75, 3.05) is 34.4 Å². The van der Waals surface area contributed by atoms with Crippen LogP contribution in [0.25, 0.3) is 0 Å². The molecular formula is C20H22N7O7-. The number of carbonyl (C=O) groups is 4. The van der Waals surface area contributed by atoms with Crippen LogP contribution in [-0.2, 0) is 14.4 Å². The van der Waals surface area contributed by atoms with Crippen LogP contribution < -0.4 is 37.2 Å². The molecule has 2 amide bonds. The van der Waals surface area contributed by atoms with Gasteiger partial charge in [0.1, 0.15) is 11.7 Å². The lowest BCUT2D eigenvalue weighted by Crippen LogP contribution is -2.45. The minimum absolute atomic E-state index is 0.0243. The van der Waals surface area contributed by atoms with E-state index in [0.717, 1.165) is 0 Å². The van der Waals surface area contributed by atoms with Gasteiger partial charge in [-0.05, 0) is 37.1 Å². The standard InChI is InChI=1S/C20H23N7O7/c21-20-25-16-15(18(32)26-20)23-11(7-22-16)8-27(9-28)12-3-1-10(2-4-12)17(31)24-13(19(33)34)5-6-14(29)30/h1-4,9,11,13,23H,5-8H2,(H,24,31)(H,29,30)(H,33,34)(H4,21,22,25,26,32)/p-1/t11?,13-/m0/s1. The molecule has 3 rings (SSSR count). The summed E-state index contributed by atoms with van der Waals surface area (Å²) in [4.78, 5) is 65.7. The van der Waals surface area contributed by atoms with Gasteiger partial charge in [0.15, 0.2) is 5.82 Å². The lowest BCUT2D eigenvalue weighted by atomic mass is 10.1. The van der Waals surface area contributed by atoms with E-state index in [9.17, 15) is 29.1 Å². The molecule has 0 saturated carbocycles. The maximum atomic E-state index is 12.4. The zero-order chi connectivity index (χ0) is 24.8. The van der Waals surface area contributed by atoms with E-state index < -0.39 is 35.9 Å². The summed E-state index contributed by atoms with van der Waals surface area (Å²) in [5, 5.41) is 28.0. The number of H-pyrrole nitrogens is 1. The Kier molecular flexibility index (Phi) is 7.30. The summed E-state index contributed by atoms with van der Waals surface area (Å²) >= 11 is 0. The van der Waals surface area contributed by atoms with E-state index in [-0.39, 0.29) is 36.2 Å². The SMILES string of the molecule is Nc1nc2c(c(=O)[nH]1)NC(CN(C=O)c1ccc(C(=O)N[C@@H](CCC(=O)[O-])C(=O)O)cc1)CN2. The van der Waals surface area contributed by atoms with Crippen molar-refractivity contribution in [2.24, 2.45) is 0 Å². The van der Waals surface area contributed by atoms with Gasteiger partial charge >= 0.3 is 5.97 Å². The number of aromatic amines is 1. The molecule has 14 nitrogen and oxygen atoms in total. The van der Waals surface area contributed by atoms with Gasteiger partial charge in [-0.1, -0.05) is 0 Å². The first-order chi connectivity index (χ1) is 16.2. The number of aromatic nitrogens is 2. The van der Waals surface area contributed by atoms with Gasteiger partial charge in [-0.3, -0.25) is 19.4 Å². The fourth-order valence-electron chi connectivity index (χ4n) is 3.35. The van der Waals surface area contributed by atoms with E-state index in [0.29, 0.717) is 24.5 Å². The molecule has 0 saturated heterocycles. The van der Waals surface area contributed by atoms with Crippen molar-refractivity contribution < 1.29 is 29.4 Å². The highest BCUT2D eigenvalue weighted by Crippen LogP contribution is 2.21. The van der Waals surface area contributed by atoms with Crippen LogP contribution >= 0.6 is 0 Å². The zero-order valence-electron chi connectivity index (χ0n) is 17.7. The molecule has 0 bridgehead atoms. The molecule has 0 spiro atoms. The number of anilines is 4. The summed E-state index contributed by atoms with van der Waals surface area (Å²) in [6.07, 6.45) is -0.247. The minimum atomic E-state index is -1.42. The molecule has 1 unspecified atom stereocenters. The molecule has 14 heteroatoms. The van der Waals surface area contributed by atoms with Gasteiger partial charge in [0.25, 0.3) is 11.5 Å². The van der Waals surface area contributed by atoms with Crippen LogP contribution in [0.5, 0.6) is 0 Å². The highest BCUT2D eigenvalue weighted by atomic mass is 16.4. The molecule has 180 valence electrons. The van der Waals surface area contributed by atoms with Gasteiger partial charge in [0.2, 0.25) is 12.4 Å². The van der Waals surface area contributed by atoms with Crippen molar-refractivity contribution in [3.05, 3.63) is 40.2 Å². The molecular weight excluding hydrogens is 450 g/mol. The van der Waals surface area contributed by atoms with Crippen molar-refractivity contribution in [1.29, 1.82) is 0 Å². The van der Waals surface area contributed by atoms with Crippen LogP contribution in [0.1, 0.15) is 23.2 Å². The first kappa shape index (κ1) is 24.0. The summed E-state index contributed by atoms with van der Waals surface area (Å²) in [6.45, 7) is 0.534. The number of hydrogen-bond acceptors (Lipinski definition) is 10. The van der Waals surface area contributed by atoms with E-state index in [1.54, 1.807) is 0 Å². The summed E-state index contributed by atoms with van der Waals surface area (Å²) in [5.74, 6) is -3.22. The van der Waals surface area contributed by atoms with Crippen LogP contribution in [0.3, 0.4) is 0 Å². The predicted molar refractivity (Wildman–Crippen MR) is 118 cm³/mol. The normalized spacial score (nSPS) is 15.1. The largest absolute Gasteiger partial charge is 0.550 e. The Labute approximate surface area is 192 Å². The van der Waals surface area contributed by atoms with E-state index in [2.05, 4.69) is 25.9 Å². The number of nitrogens with two attached hydrogens (primary N) is 1. The van der Waals surface area contributed by atoms with E-state index in [1.807, 2.05) is 0 Å². The Morgan fingerprint density at radius 1 is 1.32 bits per heavy atom. The maximum absolute atomic E-state index is 12.4. The third-order valence-corrected chi connectivity index (χ3v) is 5.05. The van der Waals surface area contributed by atoms with Gasteiger partial charge in [-0.2, -0.15) is 4.98 Å². The number of carboxylic acids is 2. The van der Waals surface area contributed by atoms with E-state index in [1.165, 1.54) is 29.2 Å². The Morgan fingerprint density at radius 3 is 2.65 bits per heavy atom. The summed E-state index contributed by atoms with van der Waals surface area (Å²) in [5.41, 5.74) is 5.85. The van der Waals surface area contributed by atoms with Crippen LogP contribution in [0.2, 0.25) is 0 Å². The molecule has 1 aromatic heterocycles. The summed E-state index contributed by atoms with van der Waals surface area (Å²) in [7, 11) is 0. The van der Waals surface area contributed by atoms with E-state index in [4.69, 9.17) is 10.8 Å². The lowest BCUT2D eigenvalue weighted by Gasteiger charge is -2.30. The molecule has 1 aromatic carbocycles. The number of nitrogen functional groups attached to an aromatic ring is 1. The second-order valence-corrected chi connectivity index (χ2v) is 7.48. The minimum Gasteiger partial charge on any atom is -0.550 e. The molecule has 1 aliphatic rings. The number of carboxylic acid groups (broad SMARTS) is 2. The second-order valence-electron chi connectivity index (χ2n) is 7.48. The average Bonchev–Trinajstić information content (AvgIpc) is 2.80. The summed E-state index contributed by atoms with van der Waals surface area (Å²) in [6, 6.07) is 4.07. The summed E-state index contributed by atoms with van der Waals surface area (Å²) < 4.78 is 0. The molecule has 2 aromatic rings. The van der Waals surface area contributed by atoms with Crippen LogP contribution in [-0.4, -0.2) is 64.5 Å². The number of nitrogens with zero attached hydrogens (tertiary/aromatic N) is 2. The number of benzene rings is 1. The Morgan fingerprint density at radius 2 is 2.03 bits per heavy atom. The third-order valence-electron chi connectivity index (χ3n) is 5.05. The smallest absolute Gasteiger partial charge is 0.326 e. The molecule has 1 aliphatic heterocycles. The van der Waals surface area contributed by atoms with Crippen LogP contribution in [0.15, 0.2) is 29.1 Å². The first-order valence-electron chi connectivity index (χ1n) is 10.1. The molecule has 2 heterocycles. The highest BCUT2D eigenvalue weighted by molar-refractivity contribution is 5.97. The molecule has 2 atom stereocenters.